The first-order chi connectivity index (χ1) is 9.47. The van der Waals surface area contributed by atoms with Gasteiger partial charge in [0.05, 0.1) is 7.11 Å². The Hall–Kier alpha value is -1.83. The minimum atomic E-state index is 0.135. The van der Waals surface area contributed by atoms with Crippen LogP contribution in [0.1, 0.15) is 38.8 Å². The van der Waals surface area contributed by atoms with Gasteiger partial charge in [0, 0.05) is 11.8 Å². The molecule has 0 bridgehead atoms. The maximum absolute atomic E-state index is 5.41. The van der Waals surface area contributed by atoms with Crippen LogP contribution in [0.5, 0.6) is 5.88 Å². The monoisotopic (exact) mass is 269 g/mol. The van der Waals surface area contributed by atoms with E-state index in [2.05, 4.69) is 56.9 Å². The lowest BCUT2D eigenvalue weighted by atomic mass is 9.84. The van der Waals surface area contributed by atoms with E-state index in [1.165, 1.54) is 16.7 Å². The molecule has 1 heterocycles. The molecule has 0 atom stereocenters. The highest BCUT2D eigenvalue weighted by Gasteiger charge is 2.17. The number of aryl methyl sites for hydroxylation is 1. The molecule has 0 fully saturated rings. The molecular formula is C18H23NO. The second kappa shape index (κ2) is 5.66. The number of hydrogen-bond acceptors (Lipinski definition) is 2. The van der Waals surface area contributed by atoms with Crippen molar-refractivity contribution in [1.29, 1.82) is 0 Å². The number of nitrogens with zero attached hydrogens (tertiary/aromatic N) is 1. The molecule has 106 valence electrons. The van der Waals surface area contributed by atoms with E-state index in [1.54, 1.807) is 13.3 Å². The highest BCUT2D eigenvalue weighted by molar-refractivity contribution is 5.72. The molecule has 0 radical (unpaired) electrons. The number of aromatic nitrogens is 1. The molecule has 0 aliphatic heterocycles. The average molecular weight is 269 g/mol. The summed E-state index contributed by atoms with van der Waals surface area (Å²) < 4.78 is 5.41. The molecule has 2 rings (SSSR count). The van der Waals surface area contributed by atoms with Gasteiger partial charge in [0.1, 0.15) is 0 Å². The number of ether oxygens (including phenoxy) is 1. The van der Waals surface area contributed by atoms with Crippen LogP contribution in [0.4, 0.5) is 0 Å². The van der Waals surface area contributed by atoms with Gasteiger partial charge in [0.2, 0.25) is 5.88 Å². The smallest absolute Gasteiger partial charge is 0.221 e. The highest BCUT2D eigenvalue weighted by Crippen LogP contribution is 2.34. The standard InChI is InChI=1S/C18H23NO/c1-6-13-9-10-14(18(2,3)4)12-16(13)15-8-7-11-19-17(15)20-5/h7-12H,6H2,1-5H3. The summed E-state index contributed by atoms with van der Waals surface area (Å²) in [7, 11) is 1.67. The Balaban J connectivity index is 2.65. The summed E-state index contributed by atoms with van der Waals surface area (Å²) in [5, 5.41) is 0. The zero-order valence-corrected chi connectivity index (χ0v) is 13.0. The van der Waals surface area contributed by atoms with Crippen molar-refractivity contribution in [2.45, 2.75) is 39.5 Å². The number of hydrogen-bond donors (Lipinski definition) is 0. The minimum Gasteiger partial charge on any atom is -0.481 e. The Morgan fingerprint density at radius 2 is 1.85 bits per heavy atom. The molecule has 1 aromatic carbocycles. The predicted octanol–water partition coefficient (Wildman–Crippen LogP) is 4.62. The van der Waals surface area contributed by atoms with Crippen LogP contribution in [0, 0.1) is 0 Å². The fraction of sp³-hybridized carbons (Fsp3) is 0.389. The lowest BCUT2D eigenvalue weighted by Crippen LogP contribution is -2.11. The van der Waals surface area contributed by atoms with Crippen LogP contribution in [0.15, 0.2) is 36.5 Å². The van der Waals surface area contributed by atoms with Gasteiger partial charge in [-0.15, -0.1) is 0 Å². The minimum absolute atomic E-state index is 0.135. The summed E-state index contributed by atoms with van der Waals surface area (Å²) in [6.07, 6.45) is 2.76. The topological polar surface area (TPSA) is 22.1 Å². The van der Waals surface area contributed by atoms with Crippen molar-refractivity contribution >= 4 is 0 Å². The third-order valence-electron chi connectivity index (χ3n) is 3.61. The maximum atomic E-state index is 5.41. The van der Waals surface area contributed by atoms with Crippen molar-refractivity contribution in [3.05, 3.63) is 47.7 Å². The molecule has 2 heteroatoms. The molecular weight excluding hydrogens is 246 g/mol. The zero-order valence-electron chi connectivity index (χ0n) is 13.0. The molecule has 0 spiro atoms. The van der Waals surface area contributed by atoms with Gasteiger partial charge >= 0.3 is 0 Å². The molecule has 20 heavy (non-hydrogen) atoms. The summed E-state index contributed by atoms with van der Waals surface area (Å²) in [4.78, 5) is 4.32. The van der Waals surface area contributed by atoms with Crippen molar-refractivity contribution in [3.8, 4) is 17.0 Å². The Morgan fingerprint density at radius 1 is 1.10 bits per heavy atom. The van der Waals surface area contributed by atoms with Crippen LogP contribution < -0.4 is 4.74 Å². The fourth-order valence-corrected chi connectivity index (χ4v) is 2.36. The Bertz CT molecular complexity index is 597. The van der Waals surface area contributed by atoms with Crippen LogP contribution in [0.25, 0.3) is 11.1 Å². The first-order valence-corrected chi connectivity index (χ1v) is 7.10. The van der Waals surface area contributed by atoms with Gasteiger partial charge in [-0.25, -0.2) is 4.98 Å². The van der Waals surface area contributed by atoms with E-state index in [-0.39, 0.29) is 5.41 Å². The molecule has 0 saturated carbocycles. The van der Waals surface area contributed by atoms with E-state index in [1.807, 2.05) is 6.07 Å². The van der Waals surface area contributed by atoms with Crippen LogP contribution in [0.2, 0.25) is 0 Å². The van der Waals surface area contributed by atoms with Crippen molar-refractivity contribution in [2.75, 3.05) is 7.11 Å². The van der Waals surface area contributed by atoms with Crippen LogP contribution >= 0.6 is 0 Å². The lowest BCUT2D eigenvalue weighted by molar-refractivity contribution is 0.399. The third kappa shape index (κ3) is 2.84. The van der Waals surface area contributed by atoms with E-state index >= 15 is 0 Å². The molecule has 2 nitrogen and oxygen atoms in total. The first-order valence-electron chi connectivity index (χ1n) is 7.10. The number of methoxy groups -OCH3 is 1. The number of benzene rings is 1. The van der Waals surface area contributed by atoms with E-state index in [4.69, 9.17) is 4.74 Å². The summed E-state index contributed by atoms with van der Waals surface area (Å²) in [6.45, 7) is 8.88. The quantitative estimate of drug-likeness (QED) is 0.811. The van der Waals surface area contributed by atoms with Crippen molar-refractivity contribution in [1.82, 2.24) is 4.98 Å². The first kappa shape index (κ1) is 14.6. The van der Waals surface area contributed by atoms with Gasteiger partial charge in [0.25, 0.3) is 0 Å². The molecule has 2 aromatic rings. The molecule has 0 unspecified atom stereocenters. The summed E-state index contributed by atoms with van der Waals surface area (Å²) in [5.41, 5.74) is 5.08. The molecule has 0 saturated heterocycles. The predicted molar refractivity (Wildman–Crippen MR) is 84.3 cm³/mol. The van der Waals surface area contributed by atoms with Crippen LogP contribution in [-0.2, 0) is 11.8 Å². The van der Waals surface area contributed by atoms with Gasteiger partial charge in [-0.2, -0.15) is 0 Å². The van der Waals surface area contributed by atoms with E-state index in [9.17, 15) is 0 Å². The van der Waals surface area contributed by atoms with Crippen molar-refractivity contribution < 1.29 is 4.74 Å². The summed E-state index contributed by atoms with van der Waals surface area (Å²) >= 11 is 0. The second-order valence-corrected chi connectivity index (χ2v) is 6.04. The van der Waals surface area contributed by atoms with E-state index < -0.39 is 0 Å². The number of rotatable bonds is 3. The van der Waals surface area contributed by atoms with E-state index in [0.29, 0.717) is 5.88 Å². The molecule has 0 amide bonds. The van der Waals surface area contributed by atoms with E-state index in [0.717, 1.165) is 12.0 Å². The second-order valence-electron chi connectivity index (χ2n) is 6.04. The molecule has 0 aliphatic carbocycles. The van der Waals surface area contributed by atoms with Gasteiger partial charge < -0.3 is 4.74 Å². The number of pyridine rings is 1. The Morgan fingerprint density at radius 3 is 2.45 bits per heavy atom. The van der Waals surface area contributed by atoms with Crippen molar-refractivity contribution in [2.24, 2.45) is 0 Å². The largest absolute Gasteiger partial charge is 0.481 e. The van der Waals surface area contributed by atoms with Gasteiger partial charge in [0.15, 0.2) is 0 Å². The normalized spacial score (nSPS) is 11.4. The average Bonchev–Trinajstić information content (AvgIpc) is 2.45. The van der Waals surface area contributed by atoms with Crippen LogP contribution in [-0.4, -0.2) is 12.1 Å². The zero-order chi connectivity index (χ0) is 14.8. The van der Waals surface area contributed by atoms with Gasteiger partial charge in [-0.1, -0.05) is 45.9 Å². The maximum Gasteiger partial charge on any atom is 0.221 e. The van der Waals surface area contributed by atoms with Gasteiger partial charge in [-0.05, 0) is 40.7 Å². The Labute approximate surface area is 121 Å². The summed E-state index contributed by atoms with van der Waals surface area (Å²) in [6, 6.07) is 10.8. The molecule has 0 N–H and O–H groups in total. The fourth-order valence-electron chi connectivity index (χ4n) is 2.36. The van der Waals surface area contributed by atoms with Crippen molar-refractivity contribution in [3.63, 3.8) is 0 Å². The molecule has 1 aromatic heterocycles. The SMILES string of the molecule is CCc1ccc(C(C)(C)C)cc1-c1cccnc1OC. The Kier molecular flexibility index (Phi) is 4.12. The van der Waals surface area contributed by atoms with Crippen LogP contribution in [0.3, 0.4) is 0 Å². The van der Waals surface area contributed by atoms with Gasteiger partial charge in [-0.3, -0.25) is 0 Å². The molecule has 0 aliphatic rings. The lowest BCUT2D eigenvalue weighted by Gasteiger charge is -2.21. The third-order valence-corrected chi connectivity index (χ3v) is 3.61. The summed E-state index contributed by atoms with van der Waals surface area (Å²) in [5.74, 6) is 0.688. The highest BCUT2D eigenvalue weighted by atomic mass is 16.5.